The van der Waals surface area contributed by atoms with Gasteiger partial charge in [0.2, 0.25) is 0 Å². The highest BCUT2D eigenvalue weighted by atomic mass is 15.1. The molecule has 0 amide bonds. The molecule has 0 N–H and O–H groups in total. The minimum absolute atomic E-state index is 0.732. The smallest absolute Gasteiger partial charge is 0.0991 e. The second-order valence-electron chi connectivity index (χ2n) is 7.19. The first-order valence-electron chi connectivity index (χ1n) is 7.97. The molecule has 0 unspecified atom stereocenters. The maximum atomic E-state index is 8.92. The van der Waals surface area contributed by atoms with Crippen LogP contribution in [0.2, 0.25) is 0 Å². The molecule has 4 fully saturated rings. The molecule has 0 saturated heterocycles. The van der Waals surface area contributed by atoms with Crippen LogP contribution in [-0.4, -0.2) is 13.1 Å². The van der Waals surface area contributed by atoms with Gasteiger partial charge in [-0.2, -0.15) is 5.26 Å². The number of rotatable bonds is 2. The van der Waals surface area contributed by atoms with E-state index in [0.29, 0.717) is 0 Å². The number of hydrogen-bond acceptors (Lipinski definition) is 2. The van der Waals surface area contributed by atoms with Crippen molar-refractivity contribution in [1.82, 2.24) is 0 Å². The molecule has 0 radical (unpaired) electrons. The quantitative estimate of drug-likeness (QED) is 0.813. The molecule has 4 aliphatic rings. The maximum absolute atomic E-state index is 8.92. The third kappa shape index (κ3) is 1.84. The molecular weight excluding hydrogens is 244 g/mol. The van der Waals surface area contributed by atoms with E-state index in [9.17, 15) is 0 Å². The number of anilines is 1. The Balaban J connectivity index is 1.59. The fourth-order valence-electron chi connectivity index (χ4n) is 5.47. The predicted molar refractivity (Wildman–Crippen MR) is 80.4 cm³/mol. The zero-order valence-electron chi connectivity index (χ0n) is 12.1. The van der Waals surface area contributed by atoms with Crippen LogP contribution in [-0.2, 0) is 0 Å². The van der Waals surface area contributed by atoms with Crippen LogP contribution in [0, 0.1) is 35.0 Å². The molecule has 0 atom stereocenters. The van der Waals surface area contributed by atoms with Crippen molar-refractivity contribution in [2.75, 3.05) is 11.9 Å². The number of hydrogen-bond donors (Lipinski definition) is 0. The molecule has 0 aliphatic heterocycles. The SMILES string of the molecule is CN(c1ccc(C#N)cc1)C1C2CC3CC(C2)CC1C3. The average Bonchev–Trinajstić information content (AvgIpc) is 2.46. The molecule has 4 saturated carbocycles. The van der Waals surface area contributed by atoms with Crippen LogP contribution >= 0.6 is 0 Å². The summed E-state index contributed by atoms with van der Waals surface area (Å²) in [7, 11) is 2.26. The Kier molecular flexibility index (Phi) is 2.77. The van der Waals surface area contributed by atoms with Gasteiger partial charge in [0.1, 0.15) is 0 Å². The van der Waals surface area contributed by atoms with Crippen molar-refractivity contribution in [2.24, 2.45) is 23.7 Å². The number of benzene rings is 1. The van der Waals surface area contributed by atoms with E-state index in [0.717, 1.165) is 35.3 Å². The topological polar surface area (TPSA) is 27.0 Å². The van der Waals surface area contributed by atoms with E-state index in [2.05, 4.69) is 30.1 Å². The molecule has 0 aromatic heterocycles. The van der Waals surface area contributed by atoms with Crippen LogP contribution in [0.4, 0.5) is 5.69 Å². The monoisotopic (exact) mass is 266 g/mol. The van der Waals surface area contributed by atoms with Crippen molar-refractivity contribution >= 4 is 5.69 Å². The zero-order valence-corrected chi connectivity index (χ0v) is 12.1. The lowest BCUT2D eigenvalue weighted by molar-refractivity contribution is -0.00122. The summed E-state index contributed by atoms with van der Waals surface area (Å²) in [5.41, 5.74) is 2.04. The van der Waals surface area contributed by atoms with Crippen LogP contribution in [0.3, 0.4) is 0 Å². The molecule has 5 rings (SSSR count). The minimum Gasteiger partial charge on any atom is -0.371 e. The van der Waals surface area contributed by atoms with Gasteiger partial charge in [-0.05, 0) is 80.0 Å². The van der Waals surface area contributed by atoms with Gasteiger partial charge in [-0.1, -0.05) is 0 Å². The molecule has 2 nitrogen and oxygen atoms in total. The third-order valence-corrected chi connectivity index (χ3v) is 6.03. The van der Waals surface area contributed by atoms with Crippen LogP contribution in [0.25, 0.3) is 0 Å². The Morgan fingerprint density at radius 3 is 2.00 bits per heavy atom. The molecule has 2 heteroatoms. The van der Waals surface area contributed by atoms with Crippen LogP contribution in [0.1, 0.15) is 37.7 Å². The summed E-state index contributed by atoms with van der Waals surface area (Å²) in [5, 5.41) is 8.92. The van der Waals surface area contributed by atoms with Gasteiger partial charge in [0.25, 0.3) is 0 Å². The average molecular weight is 266 g/mol. The molecule has 1 aromatic carbocycles. The summed E-state index contributed by atoms with van der Waals surface area (Å²) in [6, 6.07) is 11.1. The van der Waals surface area contributed by atoms with E-state index in [-0.39, 0.29) is 0 Å². The number of nitriles is 1. The van der Waals surface area contributed by atoms with E-state index >= 15 is 0 Å². The Morgan fingerprint density at radius 1 is 0.950 bits per heavy atom. The van der Waals surface area contributed by atoms with E-state index in [1.807, 2.05) is 12.1 Å². The summed E-state index contributed by atoms with van der Waals surface area (Å²) in [6.07, 6.45) is 7.34. The first kappa shape index (κ1) is 12.3. The van der Waals surface area contributed by atoms with Crippen molar-refractivity contribution in [2.45, 2.75) is 38.1 Å². The highest BCUT2D eigenvalue weighted by molar-refractivity contribution is 5.50. The largest absolute Gasteiger partial charge is 0.371 e. The first-order valence-corrected chi connectivity index (χ1v) is 7.97. The van der Waals surface area contributed by atoms with Crippen molar-refractivity contribution in [3.05, 3.63) is 29.8 Å². The molecule has 0 spiro atoms. The van der Waals surface area contributed by atoms with Gasteiger partial charge in [-0.3, -0.25) is 0 Å². The Morgan fingerprint density at radius 2 is 1.50 bits per heavy atom. The third-order valence-electron chi connectivity index (χ3n) is 6.03. The minimum atomic E-state index is 0.732. The highest BCUT2D eigenvalue weighted by Gasteiger charge is 2.49. The van der Waals surface area contributed by atoms with E-state index in [1.54, 1.807) is 0 Å². The summed E-state index contributed by atoms with van der Waals surface area (Å²) in [5.74, 6) is 3.88. The predicted octanol–water partition coefficient (Wildman–Crippen LogP) is 3.82. The fraction of sp³-hybridized carbons (Fsp3) is 0.611. The van der Waals surface area contributed by atoms with Crippen LogP contribution in [0.15, 0.2) is 24.3 Å². The van der Waals surface area contributed by atoms with Gasteiger partial charge in [-0.15, -0.1) is 0 Å². The lowest BCUT2D eigenvalue weighted by Gasteiger charge is -2.57. The lowest BCUT2D eigenvalue weighted by atomic mass is 9.54. The fourth-order valence-corrected chi connectivity index (χ4v) is 5.47. The van der Waals surface area contributed by atoms with Gasteiger partial charge in [0.15, 0.2) is 0 Å². The molecule has 1 aromatic rings. The molecule has 104 valence electrons. The van der Waals surface area contributed by atoms with Crippen molar-refractivity contribution in [3.8, 4) is 6.07 Å². The second-order valence-corrected chi connectivity index (χ2v) is 7.19. The normalized spacial score (nSPS) is 37.7. The van der Waals surface area contributed by atoms with Gasteiger partial charge < -0.3 is 4.90 Å². The number of nitrogens with zero attached hydrogens (tertiary/aromatic N) is 2. The molecule has 20 heavy (non-hydrogen) atoms. The zero-order chi connectivity index (χ0) is 13.7. The molecule has 4 aliphatic carbocycles. The maximum Gasteiger partial charge on any atom is 0.0991 e. The highest BCUT2D eigenvalue weighted by Crippen LogP contribution is 2.55. The van der Waals surface area contributed by atoms with Gasteiger partial charge in [0, 0.05) is 18.8 Å². The Hall–Kier alpha value is -1.49. The molecular formula is C18H22N2. The standard InChI is InChI=1S/C18H22N2/c1-20(17-4-2-12(11-19)3-5-17)18-15-7-13-6-14(9-15)10-16(18)8-13/h2-5,13-16,18H,6-10H2,1H3. The van der Waals surface area contributed by atoms with Crippen molar-refractivity contribution in [1.29, 1.82) is 5.26 Å². The van der Waals surface area contributed by atoms with E-state index < -0.39 is 0 Å². The second kappa shape index (κ2) is 4.52. The summed E-state index contributed by atoms with van der Waals surface area (Å²) in [4.78, 5) is 2.51. The van der Waals surface area contributed by atoms with E-state index in [4.69, 9.17) is 5.26 Å². The Bertz CT molecular complexity index is 512. The summed E-state index contributed by atoms with van der Waals surface area (Å²) in [6.45, 7) is 0. The lowest BCUT2D eigenvalue weighted by Crippen LogP contribution is -2.55. The Labute approximate surface area is 121 Å². The van der Waals surface area contributed by atoms with Gasteiger partial charge in [0.05, 0.1) is 11.6 Å². The first-order chi connectivity index (χ1) is 9.74. The summed E-state index contributed by atoms with van der Waals surface area (Å²) >= 11 is 0. The van der Waals surface area contributed by atoms with Gasteiger partial charge in [-0.25, -0.2) is 0 Å². The van der Waals surface area contributed by atoms with Crippen LogP contribution < -0.4 is 4.90 Å². The van der Waals surface area contributed by atoms with Crippen molar-refractivity contribution in [3.63, 3.8) is 0 Å². The summed E-state index contributed by atoms with van der Waals surface area (Å²) < 4.78 is 0. The molecule has 0 heterocycles. The molecule has 4 bridgehead atoms. The van der Waals surface area contributed by atoms with E-state index in [1.165, 1.54) is 37.8 Å². The van der Waals surface area contributed by atoms with Gasteiger partial charge >= 0.3 is 0 Å². The van der Waals surface area contributed by atoms with Crippen LogP contribution in [0.5, 0.6) is 0 Å². The van der Waals surface area contributed by atoms with Crippen molar-refractivity contribution < 1.29 is 0 Å².